The summed E-state index contributed by atoms with van der Waals surface area (Å²) in [6, 6.07) is 12.8. The molecule has 0 saturated heterocycles. The van der Waals surface area contributed by atoms with Crippen LogP contribution in [0.3, 0.4) is 0 Å². The molecule has 0 spiro atoms. The summed E-state index contributed by atoms with van der Waals surface area (Å²) in [6.45, 7) is 2.71. The van der Waals surface area contributed by atoms with E-state index in [1.807, 2.05) is 31.2 Å². The van der Waals surface area contributed by atoms with Crippen LogP contribution >= 0.6 is 0 Å². The van der Waals surface area contributed by atoms with Gasteiger partial charge in [0.1, 0.15) is 11.6 Å². The van der Waals surface area contributed by atoms with E-state index in [1.165, 1.54) is 13.2 Å². The third kappa shape index (κ3) is 5.67. The Balaban J connectivity index is 2.09. The highest BCUT2D eigenvalue weighted by atomic mass is 16.5. The first-order chi connectivity index (χ1) is 14.6. The summed E-state index contributed by atoms with van der Waals surface area (Å²) in [5.41, 5.74) is 1.55. The van der Waals surface area contributed by atoms with Crippen LogP contribution in [0.2, 0.25) is 0 Å². The molecule has 0 radical (unpaired) electrons. The number of hydrogen-bond acceptors (Lipinski definition) is 6. The summed E-state index contributed by atoms with van der Waals surface area (Å²) in [6.07, 6.45) is 2.07. The van der Waals surface area contributed by atoms with E-state index < -0.39 is 5.91 Å². The summed E-state index contributed by atoms with van der Waals surface area (Å²) in [5.74, 6) is 1.84. The molecule has 0 aromatic heterocycles. The minimum atomic E-state index is -0.457. The molecule has 2 rings (SSSR count). The number of hydrogen-bond donors (Lipinski definition) is 1. The molecule has 1 N–H and O–H groups in total. The smallest absolute Gasteiger partial charge is 0.261 e. The Morgan fingerprint density at radius 1 is 1.07 bits per heavy atom. The summed E-state index contributed by atoms with van der Waals surface area (Å²) in [7, 11) is 4.67. The minimum absolute atomic E-state index is 0.0192. The Morgan fingerprint density at radius 3 is 2.47 bits per heavy atom. The van der Waals surface area contributed by atoms with E-state index in [0.717, 1.165) is 5.56 Å². The number of methoxy groups -OCH3 is 3. The van der Waals surface area contributed by atoms with Crippen molar-refractivity contribution in [2.75, 3.05) is 34.5 Å². The summed E-state index contributed by atoms with van der Waals surface area (Å²) < 4.78 is 21.4. The normalized spacial score (nSPS) is 10.7. The average Bonchev–Trinajstić information content (AvgIpc) is 2.77. The fourth-order valence-electron chi connectivity index (χ4n) is 2.89. The number of nitrogens with zero attached hydrogens (tertiary/aromatic N) is 1. The number of nitriles is 1. The van der Waals surface area contributed by atoms with Crippen molar-refractivity contribution in [3.63, 3.8) is 0 Å². The molecule has 158 valence electrons. The van der Waals surface area contributed by atoms with Crippen LogP contribution in [0.15, 0.2) is 42.0 Å². The fourth-order valence-corrected chi connectivity index (χ4v) is 2.89. The van der Waals surface area contributed by atoms with Crippen LogP contribution in [0.1, 0.15) is 18.1 Å². The maximum absolute atomic E-state index is 12.5. The van der Waals surface area contributed by atoms with Gasteiger partial charge in [0.25, 0.3) is 5.91 Å². The molecule has 7 nitrogen and oxygen atoms in total. The predicted octanol–water partition coefficient (Wildman–Crippen LogP) is 3.38. The molecular weight excluding hydrogens is 384 g/mol. The second-order valence-electron chi connectivity index (χ2n) is 6.18. The first-order valence-electron chi connectivity index (χ1n) is 9.48. The molecule has 0 aliphatic carbocycles. The number of benzene rings is 2. The monoisotopic (exact) mass is 410 g/mol. The van der Waals surface area contributed by atoms with Gasteiger partial charge in [0.05, 0.1) is 27.9 Å². The van der Waals surface area contributed by atoms with Crippen LogP contribution in [-0.2, 0) is 11.2 Å². The van der Waals surface area contributed by atoms with Crippen molar-refractivity contribution in [1.29, 1.82) is 5.26 Å². The van der Waals surface area contributed by atoms with Crippen molar-refractivity contribution in [3.8, 4) is 29.1 Å². The SMILES string of the molecule is CCOc1cccc(/C=C(\C#N)C(=O)NCCc2ccc(OC)c(OC)c2)c1OC. The van der Waals surface area contributed by atoms with Gasteiger partial charge < -0.3 is 24.3 Å². The Kier molecular flexibility index (Phi) is 8.57. The van der Waals surface area contributed by atoms with E-state index in [-0.39, 0.29) is 5.57 Å². The molecule has 0 unspecified atom stereocenters. The van der Waals surface area contributed by atoms with Gasteiger partial charge in [-0.1, -0.05) is 18.2 Å². The van der Waals surface area contributed by atoms with Gasteiger partial charge in [-0.3, -0.25) is 4.79 Å². The number of nitrogens with one attached hydrogen (secondary N) is 1. The fraction of sp³-hybridized carbons (Fsp3) is 0.304. The van der Waals surface area contributed by atoms with Crippen molar-refractivity contribution < 1.29 is 23.7 Å². The molecule has 1 amide bonds. The van der Waals surface area contributed by atoms with Gasteiger partial charge in [-0.25, -0.2) is 0 Å². The van der Waals surface area contributed by atoms with Gasteiger partial charge in [0.15, 0.2) is 23.0 Å². The van der Waals surface area contributed by atoms with Crippen LogP contribution in [-0.4, -0.2) is 40.4 Å². The maximum atomic E-state index is 12.5. The zero-order valence-electron chi connectivity index (χ0n) is 17.7. The Bertz CT molecular complexity index is 947. The first-order valence-corrected chi connectivity index (χ1v) is 9.48. The number of carbonyl (C=O) groups excluding carboxylic acids is 1. The quantitative estimate of drug-likeness (QED) is 0.477. The van der Waals surface area contributed by atoms with Gasteiger partial charge >= 0.3 is 0 Å². The van der Waals surface area contributed by atoms with E-state index in [0.29, 0.717) is 48.1 Å². The number of carbonyl (C=O) groups is 1. The summed E-state index contributed by atoms with van der Waals surface area (Å²) >= 11 is 0. The van der Waals surface area contributed by atoms with E-state index in [9.17, 15) is 10.1 Å². The van der Waals surface area contributed by atoms with Gasteiger partial charge in [-0.2, -0.15) is 5.26 Å². The van der Waals surface area contributed by atoms with E-state index in [2.05, 4.69) is 5.32 Å². The lowest BCUT2D eigenvalue weighted by molar-refractivity contribution is -0.117. The molecule has 0 saturated carbocycles. The van der Waals surface area contributed by atoms with Gasteiger partial charge in [0.2, 0.25) is 0 Å². The van der Waals surface area contributed by atoms with Crippen molar-refractivity contribution in [3.05, 3.63) is 53.1 Å². The second-order valence-corrected chi connectivity index (χ2v) is 6.18. The largest absolute Gasteiger partial charge is 0.493 e. The average molecular weight is 410 g/mol. The predicted molar refractivity (Wildman–Crippen MR) is 114 cm³/mol. The van der Waals surface area contributed by atoms with Crippen LogP contribution in [0, 0.1) is 11.3 Å². The van der Waals surface area contributed by atoms with Gasteiger partial charge in [0, 0.05) is 12.1 Å². The third-order valence-electron chi connectivity index (χ3n) is 4.33. The van der Waals surface area contributed by atoms with Crippen LogP contribution in [0.5, 0.6) is 23.0 Å². The lowest BCUT2D eigenvalue weighted by atomic mass is 10.1. The zero-order valence-corrected chi connectivity index (χ0v) is 17.7. The molecule has 0 bridgehead atoms. The molecule has 30 heavy (non-hydrogen) atoms. The molecule has 0 aliphatic rings. The Morgan fingerprint density at radius 2 is 1.83 bits per heavy atom. The summed E-state index contributed by atoms with van der Waals surface area (Å²) in [4.78, 5) is 12.5. The van der Waals surface area contributed by atoms with Crippen LogP contribution in [0.4, 0.5) is 0 Å². The minimum Gasteiger partial charge on any atom is -0.493 e. The molecule has 0 atom stereocenters. The van der Waals surface area contributed by atoms with Crippen LogP contribution in [0.25, 0.3) is 6.08 Å². The van der Waals surface area contributed by atoms with Crippen molar-refractivity contribution in [1.82, 2.24) is 5.32 Å². The van der Waals surface area contributed by atoms with E-state index >= 15 is 0 Å². The Labute approximate surface area is 176 Å². The zero-order chi connectivity index (χ0) is 21.9. The van der Waals surface area contributed by atoms with Gasteiger partial charge in [-0.15, -0.1) is 0 Å². The molecule has 7 heteroatoms. The molecule has 0 aliphatic heterocycles. The second kappa shape index (κ2) is 11.4. The number of amides is 1. The molecular formula is C23H26N2O5. The lowest BCUT2D eigenvalue weighted by Gasteiger charge is -2.12. The highest BCUT2D eigenvalue weighted by Gasteiger charge is 2.13. The third-order valence-corrected chi connectivity index (χ3v) is 4.33. The van der Waals surface area contributed by atoms with E-state index in [4.69, 9.17) is 18.9 Å². The summed E-state index contributed by atoms with van der Waals surface area (Å²) in [5, 5.41) is 12.2. The molecule has 0 heterocycles. The molecule has 2 aromatic carbocycles. The van der Waals surface area contributed by atoms with E-state index in [1.54, 1.807) is 32.4 Å². The number of ether oxygens (including phenoxy) is 4. The van der Waals surface area contributed by atoms with Crippen molar-refractivity contribution in [2.45, 2.75) is 13.3 Å². The number of rotatable bonds is 10. The number of para-hydroxylation sites is 1. The highest BCUT2D eigenvalue weighted by molar-refractivity contribution is 6.02. The van der Waals surface area contributed by atoms with Crippen molar-refractivity contribution >= 4 is 12.0 Å². The molecule has 0 fully saturated rings. The maximum Gasteiger partial charge on any atom is 0.261 e. The van der Waals surface area contributed by atoms with Crippen LogP contribution < -0.4 is 24.3 Å². The van der Waals surface area contributed by atoms with Crippen molar-refractivity contribution in [2.24, 2.45) is 0 Å². The van der Waals surface area contributed by atoms with Gasteiger partial charge in [-0.05, 0) is 43.2 Å². The molecule has 2 aromatic rings. The highest BCUT2D eigenvalue weighted by Crippen LogP contribution is 2.32. The standard InChI is InChI=1S/C23H26N2O5/c1-5-30-20-8-6-7-17(22(20)29-4)14-18(15-24)23(26)25-12-11-16-9-10-19(27-2)21(13-16)28-3/h6-10,13-14H,5,11-12H2,1-4H3,(H,25,26)/b18-14+. The first kappa shape index (κ1) is 22.6. The lowest BCUT2D eigenvalue weighted by Crippen LogP contribution is -2.26. The Hall–Kier alpha value is -3.66. The topological polar surface area (TPSA) is 89.8 Å².